The van der Waals surface area contributed by atoms with Gasteiger partial charge in [-0.15, -0.1) is 0 Å². The number of ether oxygens (including phenoxy) is 1. The number of methoxy groups -OCH3 is 1. The molecule has 0 atom stereocenters. The van der Waals surface area contributed by atoms with Crippen LogP contribution in [0.1, 0.15) is 0 Å². The molecule has 0 N–H and O–H groups in total. The molecule has 1 aromatic rings. The topological polar surface area (TPSA) is 52.6 Å². The molecular weight excluding hydrogens is 249 g/mol. The minimum Gasteiger partial charge on any atom is -0.491 e. The van der Waals surface area contributed by atoms with Gasteiger partial charge in [0.25, 0.3) is 0 Å². The molecule has 0 bridgehead atoms. The first-order valence-electron chi connectivity index (χ1n) is 3.87. The molecule has 0 unspecified atom stereocenters. The zero-order chi connectivity index (χ0) is 12.5. The normalized spacial score (nSPS) is 11.3. The zero-order valence-electron chi connectivity index (χ0n) is 8.25. The first kappa shape index (κ1) is 12.6. The maximum atomic E-state index is 13.3. The lowest BCUT2D eigenvalue weighted by Crippen LogP contribution is -2.09. The minimum atomic E-state index is -4.04. The highest BCUT2D eigenvalue weighted by Crippen LogP contribution is 2.32. The quantitative estimate of drug-likeness (QED) is 0.606. The second-order valence-electron chi connectivity index (χ2n) is 2.81. The highest BCUT2D eigenvalue weighted by Gasteiger charge is 2.22. The number of rotatable bonds is 3. The molecule has 0 amide bonds. The molecule has 8 heteroatoms. The van der Waals surface area contributed by atoms with Crippen molar-refractivity contribution in [2.45, 2.75) is 0 Å². The summed E-state index contributed by atoms with van der Waals surface area (Å²) in [7, 11) is -3.13. The van der Waals surface area contributed by atoms with E-state index in [1.807, 2.05) is 0 Å². The Bertz CT molecular complexity index is 513. The molecule has 0 saturated carbocycles. The molecule has 16 heavy (non-hydrogen) atoms. The van der Waals surface area contributed by atoms with E-state index in [0.29, 0.717) is 6.26 Å². The Morgan fingerprint density at radius 3 is 2.19 bits per heavy atom. The van der Waals surface area contributed by atoms with Crippen molar-refractivity contribution in [1.29, 1.82) is 0 Å². The third-order valence-corrected chi connectivity index (χ3v) is 2.01. The van der Waals surface area contributed by atoms with Crippen LogP contribution in [0.4, 0.5) is 13.2 Å². The highest BCUT2D eigenvalue weighted by atomic mass is 32.2. The molecule has 0 saturated heterocycles. The third-order valence-electron chi connectivity index (χ3n) is 1.53. The zero-order valence-corrected chi connectivity index (χ0v) is 9.07. The number of hydrogen-bond acceptors (Lipinski definition) is 4. The Morgan fingerprint density at radius 2 is 1.75 bits per heavy atom. The van der Waals surface area contributed by atoms with E-state index in [9.17, 15) is 21.6 Å². The van der Waals surface area contributed by atoms with Crippen molar-refractivity contribution in [2.75, 3.05) is 13.4 Å². The predicted octanol–water partition coefficient (Wildman–Crippen LogP) is 1.45. The van der Waals surface area contributed by atoms with E-state index in [0.717, 1.165) is 7.11 Å². The van der Waals surface area contributed by atoms with Gasteiger partial charge < -0.3 is 8.92 Å². The van der Waals surface area contributed by atoms with Crippen LogP contribution in [0.5, 0.6) is 11.5 Å². The van der Waals surface area contributed by atoms with Crippen LogP contribution in [0.3, 0.4) is 0 Å². The predicted molar refractivity (Wildman–Crippen MR) is 48.3 cm³/mol. The van der Waals surface area contributed by atoms with E-state index in [4.69, 9.17) is 0 Å². The van der Waals surface area contributed by atoms with Gasteiger partial charge in [0.05, 0.1) is 13.4 Å². The SMILES string of the molecule is COc1c(F)c(F)cc(OS(C)(=O)=O)c1F. The second kappa shape index (κ2) is 4.20. The lowest BCUT2D eigenvalue weighted by Gasteiger charge is -2.09. The van der Waals surface area contributed by atoms with Gasteiger partial charge >= 0.3 is 10.1 Å². The Kier molecular flexibility index (Phi) is 3.32. The molecule has 0 aliphatic carbocycles. The van der Waals surface area contributed by atoms with Crippen molar-refractivity contribution in [3.05, 3.63) is 23.5 Å². The summed E-state index contributed by atoms with van der Waals surface area (Å²) in [5, 5.41) is 0. The van der Waals surface area contributed by atoms with Crippen LogP contribution in [0, 0.1) is 17.5 Å². The summed E-state index contributed by atoms with van der Waals surface area (Å²) < 4.78 is 68.9. The van der Waals surface area contributed by atoms with Gasteiger partial charge in [-0.1, -0.05) is 0 Å². The monoisotopic (exact) mass is 256 g/mol. The van der Waals surface area contributed by atoms with Crippen LogP contribution >= 0.6 is 0 Å². The molecule has 0 spiro atoms. The highest BCUT2D eigenvalue weighted by molar-refractivity contribution is 7.86. The fourth-order valence-corrected chi connectivity index (χ4v) is 1.41. The van der Waals surface area contributed by atoms with E-state index in [2.05, 4.69) is 8.92 Å². The molecule has 0 fully saturated rings. The lowest BCUT2D eigenvalue weighted by atomic mass is 10.3. The average Bonchev–Trinajstić information content (AvgIpc) is 2.13. The minimum absolute atomic E-state index is 0.286. The van der Waals surface area contributed by atoms with Gasteiger partial charge in [-0.3, -0.25) is 0 Å². The summed E-state index contributed by atoms with van der Waals surface area (Å²) >= 11 is 0. The molecule has 0 aromatic heterocycles. The smallest absolute Gasteiger partial charge is 0.306 e. The van der Waals surface area contributed by atoms with Gasteiger partial charge in [-0.2, -0.15) is 17.2 Å². The molecule has 1 aromatic carbocycles. The van der Waals surface area contributed by atoms with Gasteiger partial charge in [0.1, 0.15) is 0 Å². The molecule has 0 aliphatic rings. The Morgan fingerprint density at radius 1 is 1.19 bits per heavy atom. The van der Waals surface area contributed by atoms with E-state index in [-0.39, 0.29) is 6.07 Å². The number of hydrogen-bond donors (Lipinski definition) is 0. The molecule has 90 valence electrons. The fourth-order valence-electron chi connectivity index (χ4n) is 0.961. The summed E-state index contributed by atoms with van der Waals surface area (Å²) in [4.78, 5) is 0. The van der Waals surface area contributed by atoms with E-state index >= 15 is 0 Å². The molecule has 0 heterocycles. The van der Waals surface area contributed by atoms with Crippen molar-refractivity contribution < 1.29 is 30.5 Å². The Labute approximate surface area is 89.7 Å². The standard InChI is InChI=1S/C8H7F3O4S/c1-14-8-6(10)4(9)3-5(7(8)11)15-16(2,12)13/h3H,1-2H3. The molecule has 0 aliphatic heterocycles. The van der Waals surface area contributed by atoms with Crippen molar-refractivity contribution in [1.82, 2.24) is 0 Å². The fraction of sp³-hybridized carbons (Fsp3) is 0.250. The van der Waals surface area contributed by atoms with Gasteiger partial charge in [0.2, 0.25) is 11.6 Å². The van der Waals surface area contributed by atoms with Gasteiger partial charge in [0.15, 0.2) is 17.3 Å². The van der Waals surface area contributed by atoms with Crippen LogP contribution in [0.25, 0.3) is 0 Å². The van der Waals surface area contributed by atoms with Crippen LogP contribution in [0.2, 0.25) is 0 Å². The van der Waals surface area contributed by atoms with Crippen molar-refractivity contribution in [2.24, 2.45) is 0 Å². The average molecular weight is 256 g/mol. The Balaban J connectivity index is 3.37. The summed E-state index contributed by atoms with van der Waals surface area (Å²) in [5.41, 5.74) is 0. The third kappa shape index (κ3) is 2.57. The van der Waals surface area contributed by atoms with Crippen molar-refractivity contribution >= 4 is 10.1 Å². The second-order valence-corrected chi connectivity index (χ2v) is 4.38. The van der Waals surface area contributed by atoms with Crippen molar-refractivity contribution in [3.8, 4) is 11.5 Å². The summed E-state index contributed by atoms with van der Waals surface area (Å²) in [6.07, 6.45) is 0.639. The van der Waals surface area contributed by atoms with Gasteiger partial charge in [0, 0.05) is 6.07 Å². The molecular formula is C8H7F3O4S. The van der Waals surface area contributed by atoms with Crippen molar-refractivity contribution in [3.63, 3.8) is 0 Å². The Hall–Kier alpha value is -1.44. The largest absolute Gasteiger partial charge is 0.491 e. The first-order chi connectivity index (χ1) is 7.26. The van der Waals surface area contributed by atoms with Gasteiger partial charge in [-0.05, 0) is 0 Å². The molecule has 1 rings (SSSR count). The summed E-state index contributed by atoms with van der Waals surface area (Å²) in [6, 6.07) is 0.286. The maximum Gasteiger partial charge on any atom is 0.306 e. The van der Waals surface area contributed by atoms with E-state index in [1.54, 1.807) is 0 Å². The maximum absolute atomic E-state index is 13.3. The van der Waals surface area contributed by atoms with Gasteiger partial charge in [-0.25, -0.2) is 4.39 Å². The first-order valence-corrected chi connectivity index (χ1v) is 5.69. The van der Waals surface area contributed by atoms with Crippen LogP contribution in [0.15, 0.2) is 6.07 Å². The van der Waals surface area contributed by atoms with E-state index in [1.165, 1.54) is 0 Å². The van der Waals surface area contributed by atoms with Crippen LogP contribution < -0.4 is 8.92 Å². The number of halogens is 3. The van der Waals surface area contributed by atoms with Crippen LogP contribution in [-0.2, 0) is 10.1 Å². The van der Waals surface area contributed by atoms with Crippen LogP contribution in [-0.4, -0.2) is 21.8 Å². The number of benzene rings is 1. The lowest BCUT2D eigenvalue weighted by molar-refractivity contribution is 0.337. The summed E-state index contributed by atoms with van der Waals surface area (Å²) in [5.74, 6) is -6.46. The van der Waals surface area contributed by atoms with E-state index < -0.39 is 39.1 Å². The summed E-state index contributed by atoms with van der Waals surface area (Å²) in [6.45, 7) is 0. The molecule has 4 nitrogen and oxygen atoms in total. The molecule has 0 radical (unpaired) electrons.